The van der Waals surface area contributed by atoms with Gasteiger partial charge in [0, 0.05) is 0 Å². The first-order valence-corrected chi connectivity index (χ1v) is 5.64. The zero-order chi connectivity index (χ0) is 14.3. The maximum atomic E-state index is 11.1. The van der Waals surface area contributed by atoms with Crippen LogP contribution in [-0.2, 0) is 9.53 Å². The lowest BCUT2D eigenvalue weighted by atomic mass is 10.1. The minimum Gasteiger partial charge on any atom is -0.495 e. The molecule has 5 heteroatoms. The summed E-state index contributed by atoms with van der Waals surface area (Å²) in [4.78, 5) is 22.0. The van der Waals surface area contributed by atoms with E-state index in [0.29, 0.717) is 17.9 Å². The molecule has 100 valence electrons. The molecule has 0 radical (unpaired) electrons. The van der Waals surface area contributed by atoms with Crippen molar-refractivity contribution in [1.82, 2.24) is 0 Å². The van der Waals surface area contributed by atoms with Crippen LogP contribution < -0.4 is 4.74 Å². The molecule has 0 saturated carbocycles. The van der Waals surface area contributed by atoms with E-state index in [9.17, 15) is 9.59 Å². The Labute approximate surface area is 111 Å². The topological polar surface area (TPSA) is 72.8 Å². The summed E-state index contributed by atoms with van der Waals surface area (Å²) in [5, 5.41) is 8.89. The first kappa shape index (κ1) is 14.6. The minimum atomic E-state index is -1.05. The normalized spacial score (nSPS) is 9.16. The largest absolute Gasteiger partial charge is 0.495 e. The molecule has 1 aromatic rings. The summed E-state index contributed by atoms with van der Waals surface area (Å²) in [6, 6.07) is 4.36. The summed E-state index contributed by atoms with van der Waals surface area (Å²) in [7, 11) is 1.46. The molecule has 0 spiro atoms. The van der Waals surface area contributed by atoms with E-state index in [1.807, 2.05) is 0 Å². The Morgan fingerprint density at radius 1 is 1.37 bits per heavy atom. The quantitative estimate of drug-likeness (QED) is 0.660. The fourth-order valence-electron chi connectivity index (χ4n) is 1.36. The highest BCUT2D eigenvalue weighted by atomic mass is 16.5. The summed E-state index contributed by atoms with van der Waals surface area (Å²) >= 11 is 0. The lowest BCUT2D eigenvalue weighted by molar-refractivity contribution is -0.141. The number of benzene rings is 1. The van der Waals surface area contributed by atoms with Gasteiger partial charge in [-0.1, -0.05) is 11.8 Å². The zero-order valence-corrected chi connectivity index (χ0v) is 10.7. The minimum absolute atomic E-state index is 0.0473. The van der Waals surface area contributed by atoms with Gasteiger partial charge in [-0.15, -0.1) is 0 Å². The van der Waals surface area contributed by atoms with Crippen molar-refractivity contribution < 1.29 is 24.2 Å². The molecule has 1 N–H and O–H groups in total. The monoisotopic (exact) mass is 262 g/mol. The van der Waals surface area contributed by atoms with Crippen LogP contribution in [0.15, 0.2) is 18.2 Å². The molecule has 0 saturated heterocycles. The molecule has 0 unspecified atom stereocenters. The Morgan fingerprint density at radius 2 is 2.11 bits per heavy atom. The molecule has 0 aliphatic rings. The van der Waals surface area contributed by atoms with Gasteiger partial charge >= 0.3 is 11.9 Å². The number of esters is 1. The molecule has 19 heavy (non-hydrogen) atoms. The molecule has 1 rings (SSSR count). The van der Waals surface area contributed by atoms with Crippen LogP contribution in [0.3, 0.4) is 0 Å². The molecular formula is C14H14O5. The Morgan fingerprint density at radius 3 is 2.68 bits per heavy atom. The van der Waals surface area contributed by atoms with Gasteiger partial charge in [0.05, 0.1) is 24.8 Å². The van der Waals surface area contributed by atoms with E-state index in [2.05, 4.69) is 11.8 Å². The van der Waals surface area contributed by atoms with Gasteiger partial charge in [0.25, 0.3) is 0 Å². The van der Waals surface area contributed by atoms with Crippen LogP contribution in [0.1, 0.15) is 29.3 Å². The van der Waals surface area contributed by atoms with Crippen LogP contribution in [0, 0.1) is 11.8 Å². The molecule has 5 nitrogen and oxygen atoms in total. The second-order valence-electron chi connectivity index (χ2n) is 3.50. The third kappa shape index (κ3) is 4.36. The molecule has 0 heterocycles. The van der Waals surface area contributed by atoms with Crippen molar-refractivity contribution in [2.24, 2.45) is 0 Å². The van der Waals surface area contributed by atoms with Crippen molar-refractivity contribution in [3.63, 3.8) is 0 Å². The smallest absolute Gasteiger partial charge is 0.335 e. The van der Waals surface area contributed by atoms with Crippen molar-refractivity contribution in [3.05, 3.63) is 29.3 Å². The molecule has 0 amide bonds. The molecule has 0 aromatic heterocycles. The Kier molecular flexibility index (Phi) is 5.42. The van der Waals surface area contributed by atoms with Gasteiger partial charge in [-0.25, -0.2) is 4.79 Å². The third-order valence-electron chi connectivity index (χ3n) is 2.21. The molecule has 0 bridgehead atoms. The van der Waals surface area contributed by atoms with Gasteiger partial charge in [0.15, 0.2) is 0 Å². The van der Waals surface area contributed by atoms with E-state index in [1.165, 1.54) is 25.3 Å². The summed E-state index contributed by atoms with van der Waals surface area (Å²) in [6.45, 7) is 2.02. The number of carbonyl (C=O) groups excluding carboxylic acids is 1. The highest BCUT2D eigenvalue weighted by molar-refractivity contribution is 5.88. The van der Waals surface area contributed by atoms with Gasteiger partial charge in [0.1, 0.15) is 12.2 Å². The predicted octanol–water partition coefficient (Wildman–Crippen LogP) is 1.70. The molecule has 0 fully saturated rings. The van der Waals surface area contributed by atoms with Crippen LogP contribution in [0.4, 0.5) is 0 Å². The molecule has 0 aliphatic heterocycles. The first-order chi connectivity index (χ1) is 9.08. The number of rotatable bonds is 4. The summed E-state index contributed by atoms with van der Waals surface area (Å²) in [5.41, 5.74) is 0.535. The van der Waals surface area contributed by atoms with Crippen LogP contribution in [0.25, 0.3) is 0 Å². The van der Waals surface area contributed by atoms with Gasteiger partial charge in [-0.2, -0.15) is 0 Å². The van der Waals surface area contributed by atoms with Crippen molar-refractivity contribution in [1.29, 1.82) is 0 Å². The van der Waals surface area contributed by atoms with E-state index in [0.717, 1.165) is 0 Å². The average Bonchev–Trinajstić information content (AvgIpc) is 2.38. The van der Waals surface area contributed by atoms with E-state index in [1.54, 1.807) is 6.92 Å². The maximum absolute atomic E-state index is 11.1. The molecule has 0 aliphatic carbocycles. The standard InChI is InChI=1S/C14H14O5/c1-3-19-13(15)6-4-5-10-9-11(14(16)17)7-8-12(10)18-2/h7-9H,3,6H2,1-2H3,(H,16,17). The van der Waals surface area contributed by atoms with Crippen LogP contribution in [-0.4, -0.2) is 30.8 Å². The van der Waals surface area contributed by atoms with Crippen LogP contribution in [0.5, 0.6) is 5.75 Å². The number of carbonyl (C=O) groups is 2. The first-order valence-electron chi connectivity index (χ1n) is 5.64. The van der Waals surface area contributed by atoms with Gasteiger partial charge in [-0.05, 0) is 25.1 Å². The second-order valence-corrected chi connectivity index (χ2v) is 3.50. The summed E-state index contributed by atoms with van der Waals surface area (Å²) in [5.74, 6) is 4.34. The highest BCUT2D eigenvalue weighted by Crippen LogP contribution is 2.18. The Bertz CT molecular complexity index is 537. The van der Waals surface area contributed by atoms with Crippen molar-refractivity contribution in [2.75, 3.05) is 13.7 Å². The maximum Gasteiger partial charge on any atom is 0.335 e. The fourth-order valence-corrected chi connectivity index (χ4v) is 1.36. The van der Waals surface area contributed by atoms with Crippen LogP contribution in [0.2, 0.25) is 0 Å². The summed E-state index contributed by atoms with van der Waals surface area (Å²) < 4.78 is 9.81. The fraction of sp³-hybridized carbons (Fsp3) is 0.286. The molecule has 1 aromatic carbocycles. The number of methoxy groups -OCH3 is 1. The van der Waals surface area contributed by atoms with Crippen molar-refractivity contribution >= 4 is 11.9 Å². The average molecular weight is 262 g/mol. The lowest BCUT2D eigenvalue weighted by Gasteiger charge is -2.03. The van der Waals surface area contributed by atoms with E-state index in [-0.39, 0.29) is 12.0 Å². The Balaban J connectivity index is 2.92. The number of ether oxygens (including phenoxy) is 2. The number of carboxylic acid groups (broad SMARTS) is 1. The van der Waals surface area contributed by atoms with Gasteiger partial charge in [-0.3, -0.25) is 4.79 Å². The van der Waals surface area contributed by atoms with Gasteiger partial charge in [0.2, 0.25) is 0 Å². The van der Waals surface area contributed by atoms with E-state index in [4.69, 9.17) is 14.6 Å². The Hall–Kier alpha value is -2.48. The van der Waals surface area contributed by atoms with Crippen molar-refractivity contribution in [3.8, 4) is 17.6 Å². The van der Waals surface area contributed by atoms with Crippen molar-refractivity contribution in [2.45, 2.75) is 13.3 Å². The van der Waals surface area contributed by atoms with Crippen LogP contribution >= 0.6 is 0 Å². The molecule has 0 atom stereocenters. The highest BCUT2D eigenvalue weighted by Gasteiger charge is 2.07. The second kappa shape index (κ2) is 7.07. The predicted molar refractivity (Wildman–Crippen MR) is 68.1 cm³/mol. The summed E-state index contributed by atoms with van der Waals surface area (Å²) in [6.07, 6.45) is -0.0473. The van der Waals surface area contributed by atoms with E-state index < -0.39 is 11.9 Å². The zero-order valence-electron chi connectivity index (χ0n) is 10.7. The van der Waals surface area contributed by atoms with E-state index >= 15 is 0 Å². The number of carboxylic acids is 1. The number of hydrogen-bond donors (Lipinski definition) is 1. The SMILES string of the molecule is CCOC(=O)CC#Cc1cc(C(=O)O)ccc1OC. The number of aromatic carboxylic acids is 1. The molecular weight excluding hydrogens is 248 g/mol. The lowest BCUT2D eigenvalue weighted by Crippen LogP contribution is -2.02. The number of hydrogen-bond acceptors (Lipinski definition) is 4. The third-order valence-corrected chi connectivity index (χ3v) is 2.21. The van der Waals surface area contributed by atoms with Gasteiger partial charge < -0.3 is 14.6 Å².